The minimum atomic E-state index is -5.11. The summed E-state index contributed by atoms with van der Waals surface area (Å²) in [7, 11) is 0. The number of aliphatic carboxylic acids is 1. The van der Waals surface area contributed by atoms with E-state index in [1.807, 2.05) is 0 Å². The fourth-order valence-corrected chi connectivity index (χ4v) is 1.99. The second kappa shape index (κ2) is 6.32. The van der Waals surface area contributed by atoms with Crippen molar-refractivity contribution in [3.05, 3.63) is 33.8 Å². The van der Waals surface area contributed by atoms with Gasteiger partial charge in [-0.2, -0.15) is 13.2 Å². The van der Waals surface area contributed by atoms with E-state index in [4.69, 9.17) is 28.3 Å². The lowest BCUT2D eigenvalue weighted by molar-refractivity contribution is -0.174. The predicted octanol–water partition coefficient (Wildman–Crippen LogP) is 3.19. The van der Waals surface area contributed by atoms with E-state index < -0.39 is 30.5 Å². The predicted molar refractivity (Wildman–Crippen MR) is 65.7 cm³/mol. The highest BCUT2D eigenvalue weighted by Crippen LogP contribution is 2.26. The molecule has 0 aromatic heterocycles. The molecule has 1 aromatic carbocycles. The molecule has 0 aliphatic rings. The zero-order valence-corrected chi connectivity index (χ0v) is 11.2. The molecule has 110 valence electrons. The van der Waals surface area contributed by atoms with Gasteiger partial charge in [0, 0.05) is 10.0 Å². The molecule has 0 fully saturated rings. The quantitative estimate of drug-likeness (QED) is 0.891. The van der Waals surface area contributed by atoms with E-state index in [0.29, 0.717) is 0 Å². The number of carbonyl (C=O) groups is 2. The monoisotopic (exact) mass is 329 g/mol. The molecule has 0 saturated carbocycles. The first-order chi connectivity index (χ1) is 9.09. The number of hydrogen-bond acceptors (Lipinski definition) is 2. The standard InChI is InChI=1S/C11H8Cl2F3NO3/c12-6-1-5(2-7(13)3-6)8(4-9(18)19)17-10(20)11(14,15)16/h1-3,8H,4H2,(H,17,20)(H,18,19). The molecule has 1 atom stereocenters. The summed E-state index contributed by atoms with van der Waals surface area (Å²) < 4.78 is 36.6. The van der Waals surface area contributed by atoms with Gasteiger partial charge < -0.3 is 10.4 Å². The lowest BCUT2D eigenvalue weighted by atomic mass is 10.0. The molecule has 4 nitrogen and oxygen atoms in total. The Morgan fingerprint density at radius 2 is 1.70 bits per heavy atom. The highest BCUT2D eigenvalue weighted by atomic mass is 35.5. The summed E-state index contributed by atoms with van der Waals surface area (Å²) in [5, 5.41) is 10.5. The first kappa shape index (κ1) is 16.6. The molecule has 1 amide bonds. The Labute approximate surface area is 121 Å². The third-order valence-corrected chi connectivity index (χ3v) is 2.67. The summed E-state index contributed by atoms with van der Waals surface area (Å²) >= 11 is 11.4. The zero-order chi connectivity index (χ0) is 15.5. The van der Waals surface area contributed by atoms with Gasteiger partial charge in [0.2, 0.25) is 0 Å². The van der Waals surface area contributed by atoms with Crippen molar-refractivity contribution in [1.82, 2.24) is 5.32 Å². The maximum atomic E-state index is 12.2. The van der Waals surface area contributed by atoms with E-state index in [0.717, 1.165) is 0 Å². The van der Waals surface area contributed by atoms with E-state index in [1.165, 1.54) is 18.2 Å². The smallest absolute Gasteiger partial charge is 0.471 e. The Morgan fingerprint density at radius 3 is 2.10 bits per heavy atom. The van der Waals surface area contributed by atoms with Crippen LogP contribution in [0, 0.1) is 0 Å². The van der Waals surface area contributed by atoms with Gasteiger partial charge in [-0.1, -0.05) is 23.2 Å². The van der Waals surface area contributed by atoms with E-state index in [9.17, 15) is 22.8 Å². The molecule has 20 heavy (non-hydrogen) atoms. The number of carboxylic acid groups (broad SMARTS) is 1. The number of amides is 1. The summed E-state index contributed by atoms with van der Waals surface area (Å²) in [5.74, 6) is -3.62. The van der Waals surface area contributed by atoms with Crippen molar-refractivity contribution in [3.8, 4) is 0 Å². The maximum Gasteiger partial charge on any atom is 0.471 e. The van der Waals surface area contributed by atoms with Crippen LogP contribution < -0.4 is 5.32 Å². The van der Waals surface area contributed by atoms with Crippen LogP contribution in [0.1, 0.15) is 18.0 Å². The van der Waals surface area contributed by atoms with Crippen molar-refractivity contribution in [2.75, 3.05) is 0 Å². The number of nitrogens with one attached hydrogen (secondary N) is 1. The summed E-state index contributed by atoms with van der Waals surface area (Å²) in [4.78, 5) is 21.6. The van der Waals surface area contributed by atoms with E-state index in [2.05, 4.69) is 0 Å². The molecule has 1 aromatic rings. The third kappa shape index (κ3) is 4.90. The Hall–Kier alpha value is -1.47. The van der Waals surface area contributed by atoms with Crippen LogP contribution in [0.25, 0.3) is 0 Å². The highest BCUT2D eigenvalue weighted by molar-refractivity contribution is 6.34. The van der Waals surface area contributed by atoms with E-state index in [-0.39, 0.29) is 15.6 Å². The molecule has 0 spiro atoms. The van der Waals surface area contributed by atoms with Crippen LogP contribution >= 0.6 is 23.2 Å². The molecule has 9 heteroatoms. The molecule has 0 heterocycles. The lowest BCUT2D eigenvalue weighted by Gasteiger charge is -2.19. The summed E-state index contributed by atoms with van der Waals surface area (Å²) in [5.41, 5.74) is 0.0718. The fraction of sp³-hybridized carbons (Fsp3) is 0.273. The molecule has 0 aliphatic carbocycles. The Kier molecular flexibility index (Phi) is 5.24. The van der Waals surface area contributed by atoms with Crippen molar-refractivity contribution < 1.29 is 27.9 Å². The summed E-state index contributed by atoms with van der Waals surface area (Å²) in [6.45, 7) is 0. The summed E-state index contributed by atoms with van der Waals surface area (Å²) in [6.07, 6.45) is -5.85. The number of alkyl halides is 3. The first-order valence-electron chi connectivity index (χ1n) is 5.15. The minimum absolute atomic E-state index is 0.0718. The van der Waals surface area contributed by atoms with Crippen LogP contribution in [0.5, 0.6) is 0 Å². The van der Waals surface area contributed by atoms with Gasteiger partial charge in [0.1, 0.15) is 0 Å². The second-order valence-electron chi connectivity index (χ2n) is 3.82. The van der Waals surface area contributed by atoms with E-state index >= 15 is 0 Å². The normalized spacial score (nSPS) is 12.8. The molecule has 0 aliphatic heterocycles. The van der Waals surface area contributed by atoms with Crippen LogP contribution in [-0.4, -0.2) is 23.2 Å². The summed E-state index contributed by atoms with van der Waals surface area (Å²) in [6, 6.07) is 2.41. The SMILES string of the molecule is O=C(O)CC(NC(=O)C(F)(F)F)c1cc(Cl)cc(Cl)c1. The first-order valence-corrected chi connectivity index (χ1v) is 5.90. The molecule has 0 saturated heterocycles. The Morgan fingerprint density at radius 1 is 1.20 bits per heavy atom. The molecule has 0 bridgehead atoms. The zero-order valence-electron chi connectivity index (χ0n) is 9.67. The van der Waals surface area contributed by atoms with Crippen LogP contribution in [0.3, 0.4) is 0 Å². The number of rotatable bonds is 4. The number of benzene rings is 1. The average molecular weight is 330 g/mol. The minimum Gasteiger partial charge on any atom is -0.481 e. The molecule has 1 rings (SSSR count). The van der Waals surface area contributed by atoms with Crippen molar-refractivity contribution in [2.24, 2.45) is 0 Å². The van der Waals surface area contributed by atoms with Crippen LogP contribution in [-0.2, 0) is 9.59 Å². The van der Waals surface area contributed by atoms with Crippen molar-refractivity contribution in [3.63, 3.8) is 0 Å². The van der Waals surface area contributed by atoms with Gasteiger partial charge in [-0.25, -0.2) is 0 Å². The van der Waals surface area contributed by atoms with Gasteiger partial charge in [-0.3, -0.25) is 9.59 Å². The second-order valence-corrected chi connectivity index (χ2v) is 4.70. The number of hydrogen-bond donors (Lipinski definition) is 2. The van der Waals surface area contributed by atoms with Crippen LogP contribution in [0.4, 0.5) is 13.2 Å². The molecule has 1 unspecified atom stereocenters. The number of carboxylic acids is 1. The van der Waals surface area contributed by atoms with Gasteiger partial charge in [0.25, 0.3) is 0 Å². The van der Waals surface area contributed by atoms with Crippen molar-refractivity contribution in [1.29, 1.82) is 0 Å². The van der Waals surface area contributed by atoms with Crippen molar-refractivity contribution >= 4 is 35.1 Å². The highest BCUT2D eigenvalue weighted by Gasteiger charge is 2.40. The van der Waals surface area contributed by atoms with Gasteiger partial charge in [-0.05, 0) is 23.8 Å². The van der Waals surface area contributed by atoms with Gasteiger partial charge in [0.05, 0.1) is 12.5 Å². The van der Waals surface area contributed by atoms with E-state index in [1.54, 1.807) is 5.32 Å². The molecule has 0 radical (unpaired) electrons. The number of carbonyl (C=O) groups excluding carboxylic acids is 1. The van der Waals surface area contributed by atoms with Crippen LogP contribution in [0.15, 0.2) is 18.2 Å². The maximum absolute atomic E-state index is 12.2. The molecular weight excluding hydrogens is 322 g/mol. The molecule has 2 N–H and O–H groups in total. The van der Waals surface area contributed by atoms with Crippen molar-refractivity contribution in [2.45, 2.75) is 18.6 Å². The Balaban J connectivity index is 3.06. The van der Waals surface area contributed by atoms with Gasteiger partial charge in [-0.15, -0.1) is 0 Å². The molecular formula is C11H8Cl2F3NO3. The lowest BCUT2D eigenvalue weighted by Crippen LogP contribution is -2.39. The topological polar surface area (TPSA) is 66.4 Å². The van der Waals surface area contributed by atoms with Gasteiger partial charge in [0.15, 0.2) is 0 Å². The Bertz CT molecular complexity index is 514. The van der Waals surface area contributed by atoms with Gasteiger partial charge >= 0.3 is 18.1 Å². The third-order valence-electron chi connectivity index (χ3n) is 2.23. The largest absolute Gasteiger partial charge is 0.481 e. The van der Waals surface area contributed by atoms with Crippen LogP contribution in [0.2, 0.25) is 10.0 Å². The number of halogens is 5. The fourth-order valence-electron chi connectivity index (χ4n) is 1.44. The average Bonchev–Trinajstić information content (AvgIpc) is 2.24.